The fourth-order valence-corrected chi connectivity index (χ4v) is 3.66. The lowest BCUT2D eigenvalue weighted by atomic mass is 10.1. The second-order valence-corrected chi connectivity index (χ2v) is 14.1. The van der Waals surface area contributed by atoms with Crippen molar-refractivity contribution in [2.75, 3.05) is 40.4 Å². The molecule has 0 aliphatic carbocycles. The molecule has 0 radical (unpaired) electrons. The van der Waals surface area contributed by atoms with E-state index in [1.54, 1.807) is 27.7 Å². The maximum Gasteiger partial charge on any atom is 0.322 e. The van der Waals surface area contributed by atoms with Crippen molar-refractivity contribution in [2.45, 2.75) is 47.6 Å². The van der Waals surface area contributed by atoms with Gasteiger partial charge < -0.3 is 19.3 Å². The lowest BCUT2D eigenvalue weighted by molar-refractivity contribution is -0.142. The fraction of sp³-hybridized carbons (Fsp3) is 0.632. The maximum atomic E-state index is 11.4. The molecule has 16 heteroatoms. The van der Waals surface area contributed by atoms with Crippen molar-refractivity contribution in [1.82, 2.24) is 20.0 Å². The van der Waals surface area contributed by atoms with Crippen molar-refractivity contribution < 1.29 is 40.9 Å². The third-order valence-electron chi connectivity index (χ3n) is 4.06. The van der Waals surface area contributed by atoms with Gasteiger partial charge in [0.05, 0.1) is 45.9 Å². The molecule has 2 N–H and O–H groups in total. The number of sulfone groups is 2. The van der Waals surface area contributed by atoms with Gasteiger partial charge in [0.1, 0.15) is 4.32 Å². The van der Waals surface area contributed by atoms with Crippen LogP contribution in [0.3, 0.4) is 0 Å². The number of carbonyl (C=O) groups is 1. The number of hydrogen-bond donors (Lipinski definition) is 2. The first kappa shape index (κ1) is 32.8. The molecule has 13 nitrogen and oxygen atoms in total. The Morgan fingerprint density at radius 3 is 1.83 bits per heavy atom. The van der Waals surface area contributed by atoms with Gasteiger partial charge in [-0.2, -0.15) is 10.2 Å². The minimum absolute atomic E-state index is 0.0139. The summed E-state index contributed by atoms with van der Waals surface area (Å²) >= 11 is 3.13. The largest absolute Gasteiger partial charge is 0.492 e. The molecule has 0 aromatic carbocycles. The van der Waals surface area contributed by atoms with Gasteiger partial charge in [-0.25, -0.2) is 16.8 Å². The molecule has 0 saturated heterocycles. The Bertz CT molecular complexity index is 1180. The van der Waals surface area contributed by atoms with Crippen LogP contribution in [0.25, 0.3) is 0 Å². The van der Waals surface area contributed by atoms with Crippen LogP contribution >= 0.6 is 15.9 Å². The Labute approximate surface area is 214 Å². The highest BCUT2D eigenvalue weighted by Gasteiger charge is 2.26. The Hall–Kier alpha value is -2.17. The molecule has 0 bridgehead atoms. The van der Waals surface area contributed by atoms with E-state index >= 15 is 0 Å². The average Bonchev–Trinajstić information content (AvgIpc) is 3.40. The number of rotatable bonds is 7. The smallest absolute Gasteiger partial charge is 0.322 e. The van der Waals surface area contributed by atoms with E-state index in [1.807, 2.05) is 0 Å². The number of hydrogen-bond acceptors (Lipinski definition) is 11. The highest BCUT2D eigenvalue weighted by atomic mass is 79.9. The van der Waals surface area contributed by atoms with Gasteiger partial charge in [-0.3, -0.25) is 14.6 Å². The summed E-state index contributed by atoms with van der Waals surface area (Å²) in [5, 5.41) is 18.9. The van der Waals surface area contributed by atoms with Gasteiger partial charge >= 0.3 is 5.97 Å². The van der Waals surface area contributed by atoms with Gasteiger partial charge in [-0.05, 0) is 27.7 Å². The third-order valence-corrected chi connectivity index (χ3v) is 6.40. The number of halogens is 1. The zero-order valence-corrected chi connectivity index (χ0v) is 24.3. The number of nitrogens with one attached hydrogen (secondary N) is 1. The SMILES string of the molecule is COC(=O)C(C)(C)Br.COc1cn(C(C)(C)CO)nc1S(C)(=O)=O.COc1cn[nH]c1S(C)(=O)=O. The quantitative estimate of drug-likeness (QED) is 0.342. The summed E-state index contributed by atoms with van der Waals surface area (Å²) < 4.78 is 59.7. The molecular weight excluding hydrogens is 572 g/mol. The monoisotopic (exact) mass is 604 g/mol. The summed E-state index contributed by atoms with van der Waals surface area (Å²) in [4.78, 5) is 10.6. The Balaban J connectivity index is 0.000000530. The first-order valence-corrected chi connectivity index (χ1v) is 14.3. The topological polar surface area (TPSA) is 180 Å². The molecule has 0 fully saturated rings. The highest BCUT2D eigenvalue weighted by Crippen LogP contribution is 2.25. The molecule has 0 aliphatic heterocycles. The number of alkyl halides is 1. The molecule has 2 aromatic heterocycles. The van der Waals surface area contributed by atoms with Crippen LogP contribution in [0.2, 0.25) is 0 Å². The molecule has 0 saturated carbocycles. The highest BCUT2D eigenvalue weighted by molar-refractivity contribution is 9.10. The molecule has 202 valence electrons. The summed E-state index contributed by atoms with van der Waals surface area (Å²) in [6, 6.07) is 0. The molecule has 0 aliphatic rings. The second-order valence-electron chi connectivity index (χ2n) is 8.19. The van der Waals surface area contributed by atoms with Crippen LogP contribution in [0, 0.1) is 0 Å². The van der Waals surface area contributed by atoms with Crippen molar-refractivity contribution in [3.8, 4) is 11.5 Å². The minimum atomic E-state index is -3.43. The number of aromatic nitrogens is 4. The predicted molar refractivity (Wildman–Crippen MR) is 132 cm³/mol. The molecule has 2 heterocycles. The number of aliphatic hydroxyl groups excluding tert-OH is 1. The van der Waals surface area contributed by atoms with Crippen molar-refractivity contribution >= 4 is 41.6 Å². The third kappa shape index (κ3) is 10.1. The van der Waals surface area contributed by atoms with Gasteiger partial charge in [0.2, 0.25) is 5.03 Å². The number of carbonyl (C=O) groups excluding carboxylic acids is 1. The lowest BCUT2D eigenvalue weighted by Gasteiger charge is -2.21. The molecule has 0 unspecified atom stereocenters. The molecule has 2 aromatic rings. The van der Waals surface area contributed by atoms with E-state index in [2.05, 4.69) is 36.0 Å². The molecular formula is C19H33BrN4O9S2. The van der Waals surface area contributed by atoms with Crippen LogP contribution in [-0.2, 0) is 34.7 Å². The van der Waals surface area contributed by atoms with E-state index in [-0.39, 0.29) is 34.1 Å². The Morgan fingerprint density at radius 2 is 1.57 bits per heavy atom. The van der Waals surface area contributed by atoms with Crippen molar-refractivity contribution in [3.05, 3.63) is 12.4 Å². The van der Waals surface area contributed by atoms with E-state index in [4.69, 9.17) is 9.47 Å². The number of H-pyrrole nitrogens is 1. The predicted octanol–water partition coefficient (Wildman–Crippen LogP) is 1.18. The normalized spacial score (nSPS) is 12.0. The number of esters is 1. The number of aromatic amines is 1. The van der Waals surface area contributed by atoms with E-state index in [9.17, 15) is 26.7 Å². The number of nitrogens with zero attached hydrogens (tertiary/aromatic N) is 3. The summed E-state index contributed by atoms with van der Waals surface area (Å²) in [6.07, 6.45) is 4.93. The van der Waals surface area contributed by atoms with Gasteiger partial charge in [0.15, 0.2) is 36.2 Å². The summed E-state index contributed by atoms with van der Waals surface area (Å²) in [5.74, 6) is 0.175. The van der Waals surface area contributed by atoms with Crippen LogP contribution in [0.1, 0.15) is 27.7 Å². The van der Waals surface area contributed by atoms with E-state index in [1.165, 1.54) is 38.4 Å². The molecule has 0 spiro atoms. The summed E-state index contributed by atoms with van der Waals surface area (Å²) in [6.45, 7) is 6.80. The van der Waals surface area contributed by atoms with Crippen LogP contribution in [0.15, 0.2) is 22.4 Å². The second kappa shape index (κ2) is 12.7. The van der Waals surface area contributed by atoms with Crippen LogP contribution < -0.4 is 9.47 Å². The first-order valence-electron chi connectivity index (χ1n) is 9.76. The van der Waals surface area contributed by atoms with Crippen LogP contribution in [-0.4, -0.2) is 92.7 Å². The van der Waals surface area contributed by atoms with Crippen LogP contribution in [0.5, 0.6) is 11.5 Å². The summed E-state index contributed by atoms with van der Waals surface area (Å²) in [5.41, 5.74) is -0.670. The maximum absolute atomic E-state index is 11.4. The lowest BCUT2D eigenvalue weighted by Crippen LogP contribution is -2.31. The van der Waals surface area contributed by atoms with E-state index in [0.29, 0.717) is 0 Å². The zero-order chi connectivity index (χ0) is 27.8. The molecule has 0 atom stereocenters. The molecule has 2 rings (SSSR count). The Kier molecular flexibility index (Phi) is 11.9. The molecule has 0 amide bonds. The van der Waals surface area contributed by atoms with E-state index in [0.717, 1.165) is 12.5 Å². The van der Waals surface area contributed by atoms with Gasteiger partial charge in [0.25, 0.3) is 0 Å². The first-order chi connectivity index (χ1) is 15.8. The summed E-state index contributed by atoms with van der Waals surface area (Å²) in [7, 11) is -2.55. The minimum Gasteiger partial charge on any atom is -0.492 e. The zero-order valence-electron chi connectivity index (χ0n) is 21.1. The number of aliphatic hydroxyl groups is 1. The molecule has 35 heavy (non-hydrogen) atoms. The van der Waals surface area contributed by atoms with Crippen molar-refractivity contribution in [1.29, 1.82) is 0 Å². The van der Waals surface area contributed by atoms with Crippen molar-refractivity contribution in [3.63, 3.8) is 0 Å². The van der Waals surface area contributed by atoms with Gasteiger partial charge in [0, 0.05) is 12.5 Å². The van der Waals surface area contributed by atoms with E-state index < -0.39 is 29.5 Å². The van der Waals surface area contributed by atoms with Gasteiger partial charge in [-0.15, -0.1) is 0 Å². The average molecular weight is 606 g/mol. The number of ether oxygens (including phenoxy) is 3. The van der Waals surface area contributed by atoms with Crippen molar-refractivity contribution in [2.24, 2.45) is 0 Å². The standard InChI is InChI=1S/C9H16N2O4S.C5H9BrO2.C5H8N2O3S/c1-9(2,6-12)11-5-7(15-3)8(10-11)16(4,13)14;1-5(2,6)4(7)8-3;1-10-4-3-6-7-5(4)11(2,8)9/h5,12H,6H2,1-4H3;1-3H3;3H,1-2H3,(H,6,7). The fourth-order valence-electron chi connectivity index (χ4n) is 2.04. The Morgan fingerprint density at radius 1 is 1.06 bits per heavy atom. The van der Waals surface area contributed by atoms with Crippen LogP contribution in [0.4, 0.5) is 0 Å². The number of methoxy groups -OCH3 is 3. The van der Waals surface area contributed by atoms with Gasteiger partial charge in [-0.1, -0.05) is 15.9 Å².